The van der Waals surface area contributed by atoms with E-state index in [1.54, 1.807) is 18.2 Å². The summed E-state index contributed by atoms with van der Waals surface area (Å²) in [5, 5.41) is 4.39. The van der Waals surface area contributed by atoms with Gasteiger partial charge in [0.25, 0.3) is 5.91 Å². The molecule has 1 amide bonds. The smallest absolute Gasteiger partial charge is 0.251 e. The number of Topliss-reactive ketones (excluding diaryl/α,β-unsaturated/α-hetero) is 1. The van der Waals surface area contributed by atoms with Crippen LogP contribution in [0.3, 0.4) is 0 Å². The van der Waals surface area contributed by atoms with E-state index in [9.17, 15) is 9.59 Å². The molecule has 0 saturated heterocycles. The van der Waals surface area contributed by atoms with Crippen LogP contribution in [0.1, 0.15) is 50.4 Å². The van der Waals surface area contributed by atoms with Crippen LogP contribution >= 0.6 is 11.6 Å². The van der Waals surface area contributed by atoms with Crippen molar-refractivity contribution in [1.29, 1.82) is 0 Å². The molecule has 7 heteroatoms. The number of hydrogen-bond acceptors (Lipinski definition) is 4. The number of aromatic nitrogens is 1. The lowest BCUT2D eigenvalue weighted by Gasteiger charge is -2.12. The van der Waals surface area contributed by atoms with Crippen molar-refractivity contribution in [1.82, 2.24) is 10.3 Å². The fourth-order valence-corrected chi connectivity index (χ4v) is 4.91. The van der Waals surface area contributed by atoms with E-state index < -0.39 is 0 Å². The van der Waals surface area contributed by atoms with Crippen molar-refractivity contribution in [3.8, 4) is 5.75 Å². The Labute approximate surface area is 214 Å². The molecule has 0 unspecified atom stereocenters. The van der Waals surface area contributed by atoms with Gasteiger partial charge in [-0.1, -0.05) is 29.8 Å². The number of carbonyl (C=O) groups is 2. The number of nitrogens with one attached hydrogen (secondary N) is 2. The highest BCUT2D eigenvalue weighted by Crippen LogP contribution is 2.31. The Morgan fingerprint density at radius 2 is 1.86 bits per heavy atom. The number of halogens is 1. The number of benzene rings is 3. The number of rotatable bonds is 8. The lowest BCUT2D eigenvalue weighted by molar-refractivity contribution is 0.0903. The second kappa shape index (κ2) is 10.5. The fourth-order valence-electron chi connectivity index (χ4n) is 4.80. The van der Waals surface area contributed by atoms with E-state index >= 15 is 0 Å². The largest absolute Gasteiger partial charge is 0.493 e. The first-order chi connectivity index (χ1) is 17.5. The molecule has 6 nitrogen and oxygen atoms in total. The molecule has 0 spiro atoms. The van der Waals surface area contributed by atoms with Gasteiger partial charge in [0, 0.05) is 40.2 Å². The van der Waals surface area contributed by atoms with Gasteiger partial charge in [-0.3, -0.25) is 9.59 Å². The number of ketones is 1. The van der Waals surface area contributed by atoms with Crippen LogP contribution < -0.4 is 15.8 Å². The highest BCUT2D eigenvalue weighted by molar-refractivity contribution is 6.33. The third-order valence-electron chi connectivity index (χ3n) is 6.70. The first kappa shape index (κ1) is 23.9. The van der Waals surface area contributed by atoms with Gasteiger partial charge < -0.3 is 20.8 Å². The van der Waals surface area contributed by atoms with Crippen molar-refractivity contribution in [3.63, 3.8) is 0 Å². The maximum absolute atomic E-state index is 12.8. The number of nitrogens with two attached hydrogens (primary N) is 1. The van der Waals surface area contributed by atoms with E-state index in [-0.39, 0.29) is 18.2 Å². The van der Waals surface area contributed by atoms with Crippen molar-refractivity contribution in [2.45, 2.75) is 32.1 Å². The monoisotopic (exact) mass is 501 g/mol. The maximum atomic E-state index is 12.8. The highest BCUT2D eigenvalue weighted by Gasteiger charge is 2.16. The summed E-state index contributed by atoms with van der Waals surface area (Å²) in [5.41, 5.74) is 11.8. The molecule has 4 N–H and O–H groups in total. The van der Waals surface area contributed by atoms with Crippen LogP contribution in [-0.4, -0.2) is 29.8 Å². The van der Waals surface area contributed by atoms with Crippen molar-refractivity contribution in [2.75, 3.05) is 18.9 Å². The number of hydrogen-bond donors (Lipinski definition) is 3. The Balaban J connectivity index is 1.20. The molecule has 1 aliphatic carbocycles. The van der Waals surface area contributed by atoms with Gasteiger partial charge >= 0.3 is 0 Å². The lowest BCUT2D eigenvalue weighted by atomic mass is 9.96. The molecule has 4 aromatic rings. The first-order valence-corrected chi connectivity index (χ1v) is 12.6. The summed E-state index contributed by atoms with van der Waals surface area (Å²) in [5.74, 6) is 0.254. The van der Waals surface area contributed by atoms with E-state index in [1.165, 1.54) is 35.6 Å². The molecule has 0 radical (unpaired) electrons. The third kappa shape index (κ3) is 5.09. The maximum Gasteiger partial charge on any atom is 0.251 e. The zero-order valence-corrected chi connectivity index (χ0v) is 20.7. The van der Waals surface area contributed by atoms with Crippen molar-refractivity contribution < 1.29 is 14.3 Å². The summed E-state index contributed by atoms with van der Waals surface area (Å²) in [6.07, 6.45) is 5.28. The summed E-state index contributed by atoms with van der Waals surface area (Å²) < 4.78 is 6.03. The van der Waals surface area contributed by atoms with Crippen LogP contribution in [0.25, 0.3) is 10.9 Å². The van der Waals surface area contributed by atoms with E-state index in [2.05, 4.69) is 22.4 Å². The number of aromatic amines is 1. The van der Waals surface area contributed by atoms with Gasteiger partial charge in [-0.25, -0.2) is 0 Å². The number of amides is 1. The predicted octanol–water partition coefficient (Wildman–Crippen LogP) is 5.52. The minimum absolute atomic E-state index is 0.134. The summed E-state index contributed by atoms with van der Waals surface area (Å²) in [6, 6.07) is 18.2. The lowest BCUT2D eigenvalue weighted by Crippen LogP contribution is -2.30. The number of anilines is 1. The summed E-state index contributed by atoms with van der Waals surface area (Å²) in [7, 11) is 0. The standard InChI is InChI=1S/C29H28ClN3O3/c30-24-12-9-19(15-25(24)31)28(34)17-32-29(35)21-6-2-1-5-18(21)13-14-36-20-10-11-23-22-7-3-4-8-26(22)33-27(23)16-20/h1-2,5-6,9-12,15-16,33H,3-4,7-8,13-14,17,31H2,(H,32,35). The molecule has 0 aliphatic heterocycles. The average Bonchev–Trinajstić information content (AvgIpc) is 3.27. The van der Waals surface area contributed by atoms with Gasteiger partial charge in [-0.2, -0.15) is 0 Å². The zero-order chi connectivity index (χ0) is 25.1. The van der Waals surface area contributed by atoms with Crippen LogP contribution in [0, 0.1) is 0 Å². The van der Waals surface area contributed by atoms with Gasteiger partial charge in [0.2, 0.25) is 0 Å². The quantitative estimate of drug-likeness (QED) is 0.219. The Kier molecular flexibility index (Phi) is 6.96. The molecule has 5 rings (SSSR count). The van der Waals surface area contributed by atoms with E-state index in [1.807, 2.05) is 24.3 Å². The van der Waals surface area contributed by atoms with E-state index in [0.717, 1.165) is 29.7 Å². The Hall–Kier alpha value is -3.77. The van der Waals surface area contributed by atoms with E-state index in [0.29, 0.717) is 34.9 Å². The SMILES string of the molecule is Nc1cc(C(=O)CNC(=O)c2ccccc2CCOc2ccc3c4c([nH]c3c2)CCCC4)ccc1Cl. The van der Waals surface area contributed by atoms with Gasteiger partial charge in [0.1, 0.15) is 5.75 Å². The Bertz CT molecular complexity index is 1440. The van der Waals surface area contributed by atoms with Crippen molar-refractivity contribution >= 4 is 39.9 Å². The molecule has 0 fully saturated rings. The van der Waals surface area contributed by atoms with Gasteiger partial charge in [0.15, 0.2) is 5.78 Å². The number of fused-ring (bicyclic) bond motifs is 3. The van der Waals surface area contributed by atoms with Crippen LogP contribution in [0.5, 0.6) is 5.75 Å². The van der Waals surface area contributed by atoms with Gasteiger partial charge in [-0.05, 0) is 73.2 Å². The fraction of sp³-hybridized carbons (Fsp3) is 0.241. The highest BCUT2D eigenvalue weighted by atomic mass is 35.5. The second-order valence-corrected chi connectivity index (χ2v) is 9.50. The number of aryl methyl sites for hydroxylation is 2. The van der Waals surface area contributed by atoms with Gasteiger partial charge in [-0.15, -0.1) is 0 Å². The molecule has 0 bridgehead atoms. The van der Waals surface area contributed by atoms with Crippen LogP contribution in [0.15, 0.2) is 60.7 Å². The van der Waals surface area contributed by atoms with Crippen molar-refractivity contribution in [3.05, 3.63) is 93.6 Å². The molecule has 184 valence electrons. The molecule has 36 heavy (non-hydrogen) atoms. The summed E-state index contributed by atoms with van der Waals surface area (Å²) in [4.78, 5) is 28.9. The molecule has 1 aromatic heterocycles. The van der Waals surface area contributed by atoms with Crippen LogP contribution in [0.2, 0.25) is 5.02 Å². The molecule has 0 atom stereocenters. The summed E-state index contributed by atoms with van der Waals surface area (Å²) >= 11 is 5.92. The minimum Gasteiger partial charge on any atom is -0.493 e. The number of nitrogen functional groups attached to an aromatic ring is 1. The van der Waals surface area contributed by atoms with Gasteiger partial charge in [0.05, 0.1) is 23.9 Å². The zero-order valence-electron chi connectivity index (χ0n) is 19.9. The molecule has 1 aliphatic rings. The Morgan fingerprint density at radius 1 is 1.03 bits per heavy atom. The van der Waals surface area contributed by atoms with Crippen LogP contribution in [0.4, 0.5) is 5.69 Å². The second-order valence-electron chi connectivity index (χ2n) is 9.09. The number of carbonyl (C=O) groups excluding carboxylic acids is 2. The van der Waals surface area contributed by atoms with Crippen LogP contribution in [-0.2, 0) is 19.3 Å². The minimum atomic E-state index is -0.306. The molecule has 0 saturated carbocycles. The number of H-pyrrole nitrogens is 1. The average molecular weight is 502 g/mol. The molecule has 3 aromatic carbocycles. The molecular weight excluding hydrogens is 474 g/mol. The number of ether oxygens (including phenoxy) is 1. The van der Waals surface area contributed by atoms with E-state index in [4.69, 9.17) is 22.1 Å². The molecular formula is C29H28ClN3O3. The normalized spacial score (nSPS) is 12.8. The Morgan fingerprint density at radius 3 is 2.72 bits per heavy atom. The summed E-state index contributed by atoms with van der Waals surface area (Å²) in [6.45, 7) is 0.296. The molecule has 1 heterocycles. The topological polar surface area (TPSA) is 97.2 Å². The van der Waals surface area contributed by atoms with Crippen molar-refractivity contribution in [2.24, 2.45) is 0 Å². The first-order valence-electron chi connectivity index (χ1n) is 12.2. The third-order valence-corrected chi connectivity index (χ3v) is 7.04. The predicted molar refractivity (Wildman–Crippen MR) is 143 cm³/mol.